The van der Waals surface area contributed by atoms with Gasteiger partial charge >= 0.3 is 0 Å². The van der Waals surface area contributed by atoms with Gasteiger partial charge in [0.15, 0.2) is 0 Å². The Kier molecular flexibility index (Phi) is 7.87. The maximum atomic E-state index is 12.9. The Balaban J connectivity index is 0.00000312. The molecule has 3 N–H and O–H groups in total. The first kappa shape index (κ1) is 21.9. The third kappa shape index (κ3) is 5.17. The fraction of sp³-hybridized carbons (Fsp3) is 0.588. The summed E-state index contributed by atoms with van der Waals surface area (Å²) >= 11 is 0. The summed E-state index contributed by atoms with van der Waals surface area (Å²) < 4.78 is 26.8. The molecule has 1 fully saturated rings. The van der Waals surface area contributed by atoms with E-state index in [-0.39, 0.29) is 35.2 Å². The quantitative estimate of drug-likeness (QED) is 0.804. The highest BCUT2D eigenvalue weighted by molar-refractivity contribution is 7.89. The largest absolute Gasteiger partial charge is 0.338 e. The number of likely N-dealkylation sites (tertiary alicyclic amines) is 1. The highest BCUT2D eigenvalue weighted by Gasteiger charge is 2.28. The third-order valence-corrected chi connectivity index (χ3v) is 6.12. The highest BCUT2D eigenvalue weighted by Crippen LogP contribution is 2.23. The molecular formula is C17H28ClN3O3S. The van der Waals surface area contributed by atoms with Crippen LogP contribution in [0.1, 0.15) is 42.6 Å². The van der Waals surface area contributed by atoms with Gasteiger partial charge in [0.1, 0.15) is 0 Å². The van der Waals surface area contributed by atoms with E-state index in [0.29, 0.717) is 25.2 Å². The van der Waals surface area contributed by atoms with Crippen molar-refractivity contribution in [1.29, 1.82) is 0 Å². The lowest BCUT2D eigenvalue weighted by Crippen LogP contribution is -2.45. The number of rotatable bonds is 5. The molecule has 2 unspecified atom stereocenters. The monoisotopic (exact) mass is 389 g/mol. The van der Waals surface area contributed by atoms with E-state index >= 15 is 0 Å². The molecule has 25 heavy (non-hydrogen) atoms. The predicted molar refractivity (Wildman–Crippen MR) is 102 cm³/mol. The zero-order chi connectivity index (χ0) is 17.9. The van der Waals surface area contributed by atoms with Crippen molar-refractivity contribution in [1.82, 2.24) is 9.62 Å². The molecule has 0 spiro atoms. The molecule has 2 rings (SSSR count). The van der Waals surface area contributed by atoms with Crippen LogP contribution in [0, 0.1) is 12.8 Å². The van der Waals surface area contributed by atoms with Crippen LogP contribution in [0.15, 0.2) is 23.1 Å². The number of nitrogens with two attached hydrogens (primary N) is 1. The van der Waals surface area contributed by atoms with Gasteiger partial charge in [-0.15, -0.1) is 12.4 Å². The van der Waals surface area contributed by atoms with Gasteiger partial charge in [-0.1, -0.05) is 13.0 Å². The molecule has 1 aromatic carbocycles. The molecule has 1 saturated heterocycles. The number of carbonyl (C=O) groups excluding carboxylic acids is 1. The van der Waals surface area contributed by atoms with Crippen LogP contribution in [0.5, 0.6) is 0 Å². The van der Waals surface area contributed by atoms with E-state index in [1.54, 1.807) is 17.9 Å². The van der Waals surface area contributed by atoms with Crippen LogP contribution in [0.25, 0.3) is 0 Å². The number of halogens is 1. The fourth-order valence-electron chi connectivity index (χ4n) is 3.07. The Morgan fingerprint density at radius 2 is 2.12 bits per heavy atom. The smallest absolute Gasteiger partial charge is 0.254 e. The number of sulfonamides is 1. The van der Waals surface area contributed by atoms with Crippen LogP contribution in [0.2, 0.25) is 0 Å². The van der Waals surface area contributed by atoms with E-state index in [4.69, 9.17) is 5.73 Å². The second-order valence-electron chi connectivity index (χ2n) is 6.49. The molecule has 2 atom stereocenters. The second kappa shape index (κ2) is 8.98. The Morgan fingerprint density at radius 1 is 1.44 bits per heavy atom. The zero-order valence-electron chi connectivity index (χ0n) is 15.0. The van der Waals surface area contributed by atoms with Crippen LogP contribution in [-0.4, -0.2) is 44.9 Å². The summed E-state index contributed by atoms with van der Waals surface area (Å²) in [5.41, 5.74) is 7.21. The molecule has 8 heteroatoms. The van der Waals surface area contributed by atoms with Gasteiger partial charge in [0.05, 0.1) is 4.90 Å². The SMILES string of the molecule is CCNS(=O)(=O)c1ccc(C)c(C(=O)N2CCCC(C(C)N)C2)c1.Cl. The molecule has 1 aliphatic heterocycles. The first-order valence-electron chi connectivity index (χ1n) is 8.41. The van der Waals surface area contributed by atoms with Crippen molar-refractivity contribution in [2.75, 3.05) is 19.6 Å². The number of hydrogen-bond donors (Lipinski definition) is 2. The maximum absolute atomic E-state index is 12.9. The lowest BCUT2D eigenvalue weighted by atomic mass is 9.91. The number of hydrogen-bond acceptors (Lipinski definition) is 4. The van der Waals surface area contributed by atoms with Gasteiger partial charge in [0.25, 0.3) is 5.91 Å². The van der Waals surface area contributed by atoms with Crippen LogP contribution < -0.4 is 10.5 Å². The molecule has 0 aromatic heterocycles. The van der Waals surface area contributed by atoms with Crippen molar-refractivity contribution in [2.45, 2.75) is 44.6 Å². The summed E-state index contributed by atoms with van der Waals surface area (Å²) in [6.45, 7) is 7.13. The number of nitrogens with zero attached hydrogens (tertiary/aromatic N) is 1. The minimum absolute atomic E-state index is 0. The van der Waals surface area contributed by atoms with Crippen molar-refractivity contribution in [2.24, 2.45) is 11.7 Å². The number of amides is 1. The van der Waals surface area contributed by atoms with E-state index in [1.165, 1.54) is 12.1 Å². The zero-order valence-corrected chi connectivity index (χ0v) is 16.6. The maximum Gasteiger partial charge on any atom is 0.254 e. The highest BCUT2D eigenvalue weighted by atomic mass is 35.5. The van der Waals surface area contributed by atoms with Crippen LogP contribution in [0.4, 0.5) is 0 Å². The number of benzene rings is 1. The number of carbonyl (C=O) groups is 1. The van der Waals surface area contributed by atoms with E-state index in [1.807, 2.05) is 13.8 Å². The topological polar surface area (TPSA) is 92.5 Å². The first-order chi connectivity index (χ1) is 11.3. The molecule has 142 valence electrons. The minimum atomic E-state index is -3.58. The molecule has 0 radical (unpaired) electrons. The van der Waals surface area contributed by atoms with Crippen molar-refractivity contribution < 1.29 is 13.2 Å². The summed E-state index contributed by atoms with van der Waals surface area (Å²) in [6, 6.07) is 4.74. The average Bonchev–Trinajstić information content (AvgIpc) is 2.54. The third-order valence-electron chi connectivity index (χ3n) is 4.57. The van der Waals surface area contributed by atoms with Crippen LogP contribution >= 0.6 is 12.4 Å². The molecule has 1 aromatic rings. The molecule has 0 bridgehead atoms. The van der Waals surface area contributed by atoms with Gasteiger partial charge in [0.2, 0.25) is 10.0 Å². The summed E-state index contributed by atoms with van der Waals surface area (Å²) in [7, 11) is -3.58. The summed E-state index contributed by atoms with van der Waals surface area (Å²) in [4.78, 5) is 14.8. The molecule has 6 nitrogen and oxygen atoms in total. The van der Waals surface area contributed by atoms with E-state index in [2.05, 4.69) is 4.72 Å². The van der Waals surface area contributed by atoms with Gasteiger partial charge < -0.3 is 10.6 Å². The second-order valence-corrected chi connectivity index (χ2v) is 8.26. The molecule has 0 aliphatic carbocycles. The Morgan fingerprint density at radius 3 is 2.72 bits per heavy atom. The van der Waals surface area contributed by atoms with Gasteiger partial charge in [-0.25, -0.2) is 13.1 Å². The van der Waals surface area contributed by atoms with Crippen molar-refractivity contribution in [3.8, 4) is 0 Å². The normalized spacial score (nSPS) is 19.2. The van der Waals surface area contributed by atoms with Crippen molar-refractivity contribution in [3.05, 3.63) is 29.3 Å². The van der Waals surface area contributed by atoms with Gasteiger partial charge in [-0.2, -0.15) is 0 Å². The number of piperidine rings is 1. The first-order valence-corrected chi connectivity index (χ1v) is 9.89. The summed E-state index contributed by atoms with van der Waals surface area (Å²) in [6.07, 6.45) is 1.95. The van der Waals surface area contributed by atoms with E-state index < -0.39 is 10.0 Å². The van der Waals surface area contributed by atoms with Crippen LogP contribution in [0.3, 0.4) is 0 Å². The van der Waals surface area contributed by atoms with Crippen molar-refractivity contribution >= 4 is 28.3 Å². The molecular weight excluding hydrogens is 362 g/mol. The fourth-order valence-corrected chi connectivity index (χ4v) is 4.13. The molecule has 1 heterocycles. The van der Waals surface area contributed by atoms with Gasteiger partial charge in [0, 0.05) is 31.2 Å². The predicted octanol–water partition coefficient (Wildman–Crippen LogP) is 1.91. The average molecular weight is 390 g/mol. The molecule has 1 amide bonds. The van der Waals surface area contributed by atoms with Crippen LogP contribution in [-0.2, 0) is 10.0 Å². The van der Waals surface area contributed by atoms with E-state index in [9.17, 15) is 13.2 Å². The number of nitrogens with one attached hydrogen (secondary N) is 1. The van der Waals surface area contributed by atoms with Crippen molar-refractivity contribution in [3.63, 3.8) is 0 Å². The summed E-state index contributed by atoms with van der Waals surface area (Å²) in [5.74, 6) is 0.170. The standard InChI is InChI=1S/C17H27N3O3S.ClH/c1-4-19-24(22,23)15-8-7-12(2)16(10-15)17(21)20-9-5-6-14(11-20)13(3)18;/h7-8,10,13-14,19H,4-6,9,11,18H2,1-3H3;1H. The molecule has 1 aliphatic rings. The lowest BCUT2D eigenvalue weighted by molar-refractivity contribution is 0.0660. The minimum Gasteiger partial charge on any atom is -0.338 e. The van der Waals surface area contributed by atoms with Gasteiger partial charge in [-0.05, 0) is 50.3 Å². The van der Waals surface area contributed by atoms with Gasteiger partial charge in [-0.3, -0.25) is 4.79 Å². The number of aryl methyl sites for hydroxylation is 1. The Labute approximate surface area is 156 Å². The summed E-state index contributed by atoms with van der Waals surface area (Å²) in [5, 5.41) is 0. The van der Waals surface area contributed by atoms with E-state index in [0.717, 1.165) is 18.4 Å². The Bertz CT molecular complexity index is 707. The molecule has 0 saturated carbocycles. The lowest BCUT2D eigenvalue weighted by Gasteiger charge is -2.35. The Hall–Kier alpha value is -1.15.